The lowest BCUT2D eigenvalue weighted by Gasteiger charge is -2.27. The summed E-state index contributed by atoms with van der Waals surface area (Å²) in [7, 11) is 0. The molecule has 20 heavy (non-hydrogen) atoms. The molecular weight excluding hydrogens is 274 g/mol. The summed E-state index contributed by atoms with van der Waals surface area (Å²) in [4.78, 5) is 28.4. The van der Waals surface area contributed by atoms with Crippen molar-refractivity contribution in [3.05, 3.63) is 0 Å². The first-order chi connectivity index (χ1) is 9.67. The van der Waals surface area contributed by atoms with E-state index in [1.807, 2.05) is 4.90 Å². The summed E-state index contributed by atoms with van der Waals surface area (Å²) in [5, 5.41) is 0. The van der Waals surface area contributed by atoms with Crippen LogP contribution in [0.4, 0.5) is 0 Å². The monoisotopic (exact) mass is 299 g/mol. The number of likely N-dealkylation sites (tertiary alicyclic amines) is 1. The van der Waals surface area contributed by atoms with E-state index < -0.39 is 0 Å². The number of thioether (sulfide) groups is 1. The minimum Gasteiger partial charge on any atom is -0.341 e. The zero-order valence-corrected chi connectivity index (χ0v) is 13.0. The van der Waals surface area contributed by atoms with Gasteiger partial charge in [0.2, 0.25) is 11.8 Å². The minimum atomic E-state index is -0.249. The average molecular weight is 299 g/mol. The van der Waals surface area contributed by atoms with Crippen molar-refractivity contribution in [3.8, 4) is 0 Å². The molecule has 0 aromatic rings. The van der Waals surface area contributed by atoms with Crippen molar-refractivity contribution < 1.29 is 9.59 Å². The minimum absolute atomic E-state index is 0.121. The Labute approximate surface area is 125 Å². The molecule has 6 heteroatoms. The molecule has 0 aromatic heterocycles. The Balaban J connectivity index is 1.93. The second-order valence-corrected chi connectivity index (χ2v) is 6.66. The maximum Gasteiger partial charge on any atom is 0.246 e. The first-order valence-corrected chi connectivity index (χ1v) is 8.68. The van der Waals surface area contributed by atoms with Crippen molar-refractivity contribution in [2.75, 3.05) is 31.3 Å². The number of hydrogen-bond acceptors (Lipinski definition) is 4. The number of rotatable bonds is 5. The van der Waals surface area contributed by atoms with Gasteiger partial charge >= 0.3 is 0 Å². The molecule has 0 aromatic carbocycles. The van der Waals surface area contributed by atoms with Gasteiger partial charge in [-0.2, -0.15) is 0 Å². The molecule has 2 heterocycles. The third-order valence-corrected chi connectivity index (χ3v) is 5.17. The molecule has 0 saturated carbocycles. The number of hydrogen-bond donors (Lipinski definition) is 1. The number of nitrogens with zero attached hydrogens (tertiary/aromatic N) is 2. The average Bonchev–Trinajstić information content (AvgIpc) is 3.12. The maximum absolute atomic E-state index is 12.6. The lowest BCUT2D eigenvalue weighted by atomic mass is 10.1. The second-order valence-electron chi connectivity index (χ2n) is 5.66. The van der Waals surface area contributed by atoms with Crippen LogP contribution < -0.4 is 5.73 Å². The van der Waals surface area contributed by atoms with Crippen LogP contribution in [-0.4, -0.2) is 58.9 Å². The fourth-order valence-corrected chi connectivity index (χ4v) is 3.97. The Bertz CT molecular complexity index is 364. The van der Waals surface area contributed by atoms with E-state index in [0.717, 1.165) is 38.1 Å². The lowest BCUT2D eigenvalue weighted by Crippen LogP contribution is -2.48. The summed E-state index contributed by atoms with van der Waals surface area (Å²) < 4.78 is 0. The van der Waals surface area contributed by atoms with Gasteiger partial charge in [0, 0.05) is 25.3 Å². The summed E-state index contributed by atoms with van der Waals surface area (Å²) in [5.74, 6) is 2.07. The molecule has 2 amide bonds. The van der Waals surface area contributed by atoms with E-state index in [0.29, 0.717) is 24.8 Å². The van der Waals surface area contributed by atoms with Crippen LogP contribution in [0.1, 0.15) is 32.6 Å². The van der Waals surface area contributed by atoms with E-state index in [9.17, 15) is 9.59 Å². The van der Waals surface area contributed by atoms with Crippen LogP contribution >= 0.6 is 11.8 Å². The van der Waals surface area contributed by atoms with Crippen molar-refractivity contribution in [3.63, 3.8) is 0 Å². The molecule has 2 N–H and O–H groups in total. The van der Waals surface area contributed by atoms with Crippen LogP contribution in [0.5, 0.6) is 0 Å². The van der Waals surface area contributed by atoms with Gasteiger partial charge in [0.1, 0.15) is 6.04 Å². The first kappa shape index (κ1) is 15.6. The SMILES string of the molecule is CCCCC(=O)N1CSCC1C(=O)N1CCC(CN)C1. The van der Waals surface area contributed by atoms with E-state index in [1.165, 1.54) is 0 Å². The van der Waals surface area contributed by atoms with E-state index in [1.54, 1.807) is 16.7 Å². The van der Waals surface area contributed by atoms with Crippen LogP contribution in [0.2, 0.25) is 0 Å². The quantitative estimate of drug-likeness (QED) is 0.818. The number of nitrogens with two attached hydrogens (primary N) is 1. The molecule has 2 atom stereocenters. The van der Waals surface area contributed by atoms with Crippen molar-refractivity contribution in [1.82, 2.24) is 9.80 Å². The van der Waals surface area contributed by atoms with Crippen molar-refractivity contribution in [2.24, 2.45) is 11.7 Å². The highest BCUT2D eigenvalue weighted by Crippen LogP contribution is 2.26. The number of amides is 2. The van der Waals surface area contributed by atoms with Crippen molar-refractivity contribution in [1.29, 1.82) is 0 Å². The molecule has 2 rings (SSSR count). The van der Waals surface area contributed by atoms with Gasteiger partial charge in [0.05, 0.1) is 5.88 Å². The predicted molar refractivity (Wildman–Crippen MR) is 81.2 cm³/mol. The zero-order valence-electron chi connectivity index (χ0n) is 12.2. The summed E-state index contributed by atoms with van der Waals surface area (Å²) in [6.45, 7) is 4.26. The topological polar surface area (TPSA) is 66.6 Å². The van der Waals surface area contributed by atoms with Crippen LogP contribution in [0.15, 0.2) is 0 Å². The zero-order chi connectivity index (χ0) is 14.5. The van der Waals surface area contributed by atoms with Gasteiger partial charge in [-0.25, -0.2) is 0 Å². The van der Waals surface area contributed by atoms with E-state index >= 15 is 0 Å². The molecule has 2 fully saturated rings. The standard InChI is InChI=1S/C14H25N3O2S/c1-2-3-4-13(18)17-10-20-9-12(17)14(19)16-6-5-11(7-15)8-16/h11-12H,2-10,15H2,1H3. The van der Waals surface area contributed by atoms with Gasteiger partial charge in [-0.05, 0) is 25.3 Å². The molecule has 2 aliphatic rings. The Morgan fingerprint density at radius 1 is 1.40 bits per heavy atom. The molecular formula is C14H25N3O2S. The molecule has 2 aliphatic heterocycles. The molecule has 0 bridgehead atoms. The largest absolute Gasteiger partial charge is 0.341 e. The summed E-state index contributed by atoms with van der Waals surface area (Å²) in [6.07, 6.45) is 3.47. The Kier molecular flexibility index (Phi) is 5.72. The number of unbranched alkanes of at least 4 members (excludes halogenated alkanes) is 1. The van der Waals surface area contributed by atoms with Crippen LogP contribution in [0.25, 0.3) is 0 Å². The fourth-order valence-electron chi connectivity index (χ4n) is 2.80. The van der Waals surface area contributed by atoms with Gasteiger partial charge in [0.15, 0.2) is 0 Å². The molecule has 2 saturated heterocycles. The summed E-state index contributed by atoms with van der Waals surface area (Å²) in [5.41, 5.74) is 5.67. The van der Waals surface area contributed by atoms with Crippen LogP contribution in [0.3, 0.4) is 0 Å². The molecule has 0 spiro atoms. The van der Waals surface area contributed by atoms with Gasteiger partial charge in [-0.1, -0.05) is 13.3 Å². The van der Waals surface area contributed by atoms with Crippen LogP contribution in [0, 0.1) is 5.92 Å². The van der Waals surface area contributed by atoms with E-state index in [4.69, 9.17) is 5.73 Å². The van der Waals surface area contributed by atoms with Gasteiger partial charge < -0.3 is 15.5 Å². The van der Waals surface area contributed by atoms with E-state index in [2.05, 4.69) is 6.92 Å². The van der Waals surface area contributed by atoms with Crippen molar-refractivity contribution in [2.45, 2.75) is 38.6 Å². The Hall–Kier alpha value is -0.750. The van der Waals surface area contributed by atoms with Gasteiger partial charge in [-0.3, -0.25) is 9.59 Å². The maximum atomic E-state index is 12.6. The number of carbonyl (C=O) groups excluding carboxylic acids is 2. The number of carbonyl (C=O) groups is 2. The van der Waals surface area contributed by atoms with E-state index in [-0.39, 0.29) is 17.9 Å². The second kappa shape index (κ2) is 7.31. The Morgan fingerprint density at radius 3 is 2.85 bits per heavy atom. The molecule has 0 aliphatic carbocycles. The highest BCUT2D eigenvalue weighted by atomic mass is 32.2. The fraction of sp³-hybridized carbons (Fsp3) is 0.857. The van der Waals surface area contributed by atoms with Gasteiger partial charge in [0.25, 0.3) is 0 Å². The molecule has 0 radical (unpaired) electrons. The first-order valence-electron chi connectivity index (χ1n) is 7.53. The lowest BCUT2D eigenvalue weighted by molar-refractivity contribution is -0.142. The normalized spacial score (nSPS) is 26.3. The summed E-state index contributed by atoms with van der Waals surface area (Å²) in [6, 6.07) is -0.249. The smallest absolute Gasteiger partial charge is 0.246 e. The van der Waals surface area contributed by atoms with Gasteiger partial charge in [-0.15, -0.1) is 11.8 Å². The highest BCUT2D eigenvalue weighted by molar-refractivity contribution is 7.99. The highest BCUT2D eigenvalue weighted by Gasteiger charge is 2.38. The third kappa shape index (κ3) is 3.47. The molecule has 5 nitrogen and oxygen atoms in total. The Morgan fingerprint density at radius 2 is 2.20 bits per heavy atom. The van der Waals surface area contributed by atoms with Crippen LogP contribution in [-0.2, 0) is 9.59 Å². The van der Waals surface area contributed by atoms with Crippen molar-refractivity contribution >= 4 is 23.6 Å². The molecule has 2 unspecified atom stereocenters. The molecule has 114 valence electrons. The summed E-state index contributed by atoms with van der Waals surface area (Å²) >= 11 is 1.68. The predicted octanol–water partition coefficient (Wildman–Crippen LogP) is 0.885. The third-order valence-electron chi connectivity index (χ3n) is 4.16.